The molecule has 0 radical (unpaired) electrons. The van der Waals surface area contributed by atoms with E-state index in [-0.39, 0.29) is 17.7 Å². The van der Waals surface area contributed by atoms with Crippen molar-refractivity contribution < 1.29 is 9.59 Å². The minimum Gasteiger partial charge on any atom is -0.343 e. The fourth-order valence-electron chi connectivity index (χ4n) is 3.70. The lowest BCUT2D eigenvalue weighted by atomic mass is 9.94. The summed E-state index contributed by atoms with van der Waals surface area (Å²) in [5.74, 6) is 0.381. The average molecular weight is 385 g/mol. The monoisotopic (exact) mass is 384 g/mol. The second-order valence-electron chi connectivity index (χ2n) is 7.11. The molecule has 1 aromatic carbocycles. The van der Waals surface area contributed by atoms with E-state index in [1.807, 2.05) is 35.1 Å². The molecule has 1 aliphatic heterocycles. The van der Waals surface area contributed by atoms with Gasteiger partial charge >= 0.3 is 0 Å². The Morgan fingerprint density at radius 3 is 2.30 bits per heavy atom. The molecule has 0 bridgehead atoms. The summed E-state index contributed by atoms with van der Waals surface area (Å²) in [6.07, 6.45) is 1.51. The highest BCUT2D eigenvalue weighted by atomic mass is 32.1. The molecule has 1 fully saturated rings. The van der Waals surface area contributed by atoms with Gasteiger partial charge in [0.05, 0.1) is 4.88 Å². The van der Waals surface area contributed by atoms with Crippen LogP contribution < -0.4 is 0 Å². The van der Waals surface area contributed by atoms with E-state index in [2.05, 4.69) is 31.2 Å². The quantitative estimate of drug-likeness (QED) is 0.764. The van der Waals surface area contributed by atoms with Crippen LogP contribution in [0.25, 0.3) is 11.1 Å². The molecule has 0 N–H and O–H groups in total. The molecule has 2 heterocycles. The largest absolute Gasteiger partial charge is 0.343 e. The summed E-state index contributed by atoms with van der Waals surface area (Å²) < 4.78 is 0. The predicted molar refractivity (Wildman–Crippen MR) is 111 cm³/mol. The Morgan fingerprint density at radius 1 is 1.07 bits per heavy atom. The van der Waals surface area contributed by atoms with E-state index in [0.29, 0.717) is 13.1 Å². The molecule has 27 heavy (non-hydrogen) atoms. The number of carbonyl (C=O) groups excluding carboxylic acids is 2. The van der Waals surface area contributed by atoms with E-state index < -0.39 is 0 Å². The Labute approximate surface area is 165 Å². The van der Waals surface area contributed by atoms with Gasteiger partial charge in [-0.15, -0.1) is 11.3 Å². The first-order chi connectivity index (χ1) is 13.0. The molecule has 3 rings (SSSR count). The van der Waals surface area contributed by atoms with Crippen LogP contribution in [0.15, 0.2) is 35.7 Å². The van der Waals surface area contributed by atoms with Crippen molar-refractivity contribution in [3.05, 3.63) is 46.2 Å². The smallest absolute Gasteiger partial charge is 0.264 e. The van der Waals surface area contributed by atoms with Crippen LogP contribution in [0.2, 0.25) is 0 Å². The summed E-state index contributed by atoms with van der Waals surface area (Å²) in [6, 6.07) is 10.3. The van der Waals surface area contributed by atoms with Crippen molar-refractivity contribution in [3.8, 4) is 11.1 Å². The number of benzene rings is 1. The maximum atomic E-state index is 13.1. The highest BCUT2D eigenvalue weighted by Gasteiger charge is 2.30. The molecule has 0 spiro atoms. The van der Waals surface area contributed by atoms with E-state index >= 15 is 0 Å². The molecule has 1 aliphatic rings. The lowest BCUT2D eigenvalue weighted by Gasteiger charge is -2.33. The third-order valence-corrected chi connectivity index (χ3v) is 6.33. The van der Waals surface area contributed by atoms with Crippen molar-refractivity contribution >= 4 is 23.2 Å². The third kappa shape index (κ3) is 4.24. The topological polar surface area (TPSA) is 40.6 Å². The predicted octanol–water partition coefficient (Wildman–Crippen LogP) is 4.44. The first-order valence-corrected chi connectivity index (χ1v) is 10.7. The normalized spacial score (nSPS) is 15.0. The van der Waals surface area contributed by atoms with E-state index in [1.54, 1.807) is 0 Å². The van der Waals surface area contributed by atoms with Crippen molar-refractivity contribution in [1.82, 2.24) is 9.80 Å². The molecule has 5 heteroatoms. The number of carbonyl (C=O) groups is 2. The minimum absolute atomic E-state index is 0.0499. The van der Waals surface area contributed by atoms with Gasteiger partial charge in [0.25, 0.3) is 5.91 Å². The molecule has 4 nitrogen and oxygen atoms in total. The van der Waals surface area contributed by atoms with Crippen LogP contribution >= 0.6 is 11.3 Å². The highest BCUT2D eigenvalue weighted by Crippen LogP contribution is 2.31. The van der Waals surface area contributed by atoms with Gasteiger partial charge in [-0.05, 0) is 50.6 Å². The van der Waals surface area contributed by atoms with Crippen LogP contribution in [0.3, 0.4) is 0 Å². The Balaban J connectivity index is 1.68. The molecule has 0 atom stereocenters. The van der Waals surface area contributed by atoms with Crippen molar-refractivity contribution in [2.75, 3.05) is 26.2 Å². The number of nitrogens with zero attached hydrogens (tertiary/aromatic N) is 2. The van der Waals surface area contributed by atoms with Gasteiger partial charge in [-0.2, -0.15) is 0 Å². The van der Waals surface area contributed by atoms with Crippen molar-refractivity contribution in [3.63, 3.8) is 0 Å². The van der Waals surface area contributed by atoms with E-state index in [0.717, 1.165) is 41.9 Å². The summed E-state index contributed by atoms with van der Waals surface area (Å²) in [4.78, 5) is 30.3. The van der Waals surface area contributed by atoms with Crippen LogP contribution in [-0.4, -0.2) is 47.8 Å². The van der Waals surface area contributed by atoms with E-state index in [9.17, 15) is 9.59 Å². The standard InChI is InChI=1S/C22H28N2O2S/c1-4-23(5-2)21(25)18-10-13-24(14-11-18)22(26)20-19(12-15-27-20)17-8-6-16(3)7-9-17/h6-9,12,15,18H,4-5,10-11,13-14H2,1-3H3. The summed E-state index contributed by atoms with van der Waals surface area (Å²) in [6.45, 7) is 8.91. The van der Waals surface area contributed by atoms with Crippen molar-refractivity contribution in [2.45, 2.75) is 33.6 Å². The number of amides is 2. The Hall–Kier alpha value is -2.14. The first-order valence-electron chi connectivity index (χ1n) is 9.77. The second kappa shape index (κ2) is 8.70. The molecule has 1 aromatic heterocycles. The van der Waals surface area contributed by atoms with Crippen LogP contribution in [0.5, 0.6) is 0 Å². The number of piperidine rings is 1. The molecule has 2 amide bonds. The van der Waals surface area contributed by atoms with Gasteiger partial charge in [0.2, 0.25) is 5.91 Å². The number of rotatable bonds is 5. The third-order valence-electron chi connectivity index (χ3n) is 5.43. The fourth-order valence-corrected chi connectivity index (χ4v) is 4.58. The number of hydrogen-bond acceptors (Lipinski definition) is 3. The fraction of sp³-hybridized carbons (Fsp3) is 0.455. The lowest BCUT2D eigenvalue weighted by molar-refractivity contribution is -0.136. The minimum atomic E-state index is 0.0499. The van der Waals surface area contributed by atoms with Gasteiger partial charge in [0.15, 0.2) is 0 Å². The van der Waals surface area contributed by atoms with Crippen molar-refractivity contribution in [2.24, 2.45) is 5.92 Å². The van der Waals surface area contributed by atoms with Gasteiger partial charge in [0.1, 0.15) is 0 Å². The molecule has 0 aliphatic carbocycles. The SMILES string of the molecule is CCN(CC)C(=O)C1CCN(C(=O)c2sccc2-c2ccc(C)cc2)CC1. The zero-order valence-corrected chi connectivity index (χ0v) is 17.2. The maximum absolute atomic E-state index is 13.1. The highest BCUT2D eigenvalue weighted by molar-refractivity contribution is 7.12. The van der Waals surface area contributed by atoms with Gasteiger partial charge < -0.3 is 9.80 Å². The molecule has 144 valence electrons. The maximum Gasteiger partial charge on any atom is 0.264 e. The van der Waals surface area contributed by atoms with Gasteiger partial charge in [0, 0.05) is 37.7 Å². The van der Waals surface area contributed by atoms with Gasteiger partial charge in [-0.3, -0.25) is 9.59 Å². The molecular formula is C22H28N2O2S. The summed E-state index contributed by atoms with van der Waals surface area (Å²) in [5.41, 5.74) is 3.30. The zero-order chi connectivity index (χ0) is 19.4. The summed E-state index contributed by atoms with van der Waals surface area (Å²) >= 11 is 1.50. The zero-order valence-electron chi connectivity index (χ0n) is 16.4. The van der Waals surface area contributed by atoms with Crippen LogP contribution in [0, 0.1) is 12.8 Å². The van der Waals surface area contributed by atoms with Crippen LogP contribution in [0.1, 0.15) is 41.9 Å². The molecule has 0 unspecified atom stereocenters. The van der Waals surface area contributed by atoms with Gasteiger partial charge in [-0.25, -0.2) is 0 Å². The molecular weight excluding hydrogens is 356 g/mol. The van der Waals surface area contributed by atoms with E-state index in [4.69, 9.17) is 0 Å². The number of likely N-dealkylation sites (tertiary alicyclic amines) is 1. The van der Waals surface area contributed by atoms with Crippen molar-refractivity contribution in [1.29, 1.82) is 0 Å². The molecule has 2 aromatic rings. The Kier molecular flexibility index (Phi) is 6.32. The summed E-state index contributed by atoms with van der Waals surface area (Å²) in [5, 5.41) is 1.99. The van der Waals surface area contributed by atoms with Crippen LogP contribution in [-0.2, 0) is 4.79 Å². The molecule has 1 saturated heterocycles. The van der Waals surface area contributed by atoms with Gasteiger partial charge in [-0.1, -0.05) is 29.8 Å². The van der Waals surface area contributed by atoms with E-state index in [1.165, 1.54) is 16.9 Å². The second-order valence-corrected chi connectivity index (χ2v) is 8.02. The first kappa shape index (κ1) is 19.6. The molecule has 0 saturated carbocycles. The average Bonchev–Trinajstić information content (AvgIpc) is 3.19. The summed E-state index contributed by atoms with van der Waals surface area (Å²) in [7, 11) is 0. The Morgan fingerprint density at radius 2 is 1.70 bits per heavy atom. The number of thiophene rings is 1. The number of aryl methyl sites for hydroxylation is 1. The Bertz CT molecular complexity index is 785. The lowest BCUT2D eigenvalue weighted by Crippen LogP contribution is -2.44. The van der Waals surface area contributed by atoms with Crippen LogP contribution in [0.4, 0.5) is 0 Å². The number of hydrogen-bond donors (Lipinski definition) is 0.